The predicted molar refractivity (Wildman–Crippen MR) is 82.9 cm³/mol. The van der Waals surface area contributed by atoms with E-state index in [4.69, 9.17) is 10.5 Å². The fourth-order valence-corrected chi connectivity index (χ4v) is 2.30. The van der Waals surface area contributed by atoms with Crippen LogP contribution >= 0.6 is 0 Å². The number of hydrogen-bond donors (Lipinski definition) is 1. The minimum Gasteiger partial charge on any atom is -0.496 e. The van der Waals surface area contributed by atoms with Crippen molar-refractivity contribution in [2.24, 2.45) is 5.73 Å². The van der Waals surface area contributed by atoms with Gasteiger partial charge in [-0.3, -0.25) is 0 Å². The molecule has 0 bridgehead atoms. The molecule has 0 heterocycles. The van der Waals surface area contributed by atoms with Gasteiger partial charge in [-0.15, -0.1) is 0 Å². The standard InChI is InChI=1S/C17H22N2O/c1-19(2)12-13-8-10-14(11-9-13)17(18)15-6-4-5-7-16(15)20-3/h4-11,17H,12,18H2,1-3H3. The third kappa shape index (κ3) is 3.38. The summed E-state index contributed by atoms with van der Waals surface area (Å²) < 4.78 is 5.38. The second-order valence-electron chi connectivity index (χ2n) is 5.20. The summed E-state index contributed by atoms with van der Waals surface area (Å²) in [4.78, 5) is 2.15. The molecule has 1 unspecified atom stereocenters. The van der Waals surface area contributed by atoms with Crippen molar-refractivity contribution in [1.82, 2.24) is 4.90 Å². The third-order valence-electron chi connectivity index (χ3n) is 3.31. The quantitative estimate of drug-likeness (QED) is 0.908. The predicted octanol–water partition coefficient (Wildman–Crippen LogP) is 2.80. The Morgan fingerprint density at radius 3 is 2.30 bits per heavy atom. The molecule has 0 amide bonds. The van der Waals surface area contributed by atoms with Gasteiger partial charge in [0.1, 0.15) is 5.75 Å². The van der Waals surface area contributed by atoms with Crippen LogP contribution in [0.5, 0.6) is 5.75 Å². The second kappa shape index (κ2) is 6.55. The Kier molecular flexibility index (Phi) is 4.77. The minimum absolute atomic E-state index is 0.167. The first kappa shape index (κ1) is 14.6. The van der Waals surface area contributed by atoms with E-state index in [1.807, 2.05) is 24.3 Å². The van der Waals surface area contributed by atoms with Crippen molar-refractivity contribution in [3.05, 3.63) is 65.2 Å². The molecular formula is C17H22N2O. The maximum Gasteiger partial charge on any atom is 0.123 e. The summed E-state index contributed by atoms with van der Waals surface area (Å²) in [6.07, 6.45) is 0. The summed E-state index contributed by atoms with van der Waals surface area (Å²) in [5, 5.41) is 0. The van der Waals surface area contributed by atoms with Crippen molar-refractivity contribution in [2.45, 2.75) is 12.6 Å². The molecule has 0 aliphatic carbocycles. The number of ether oxygens (including phenoxy) is 1. The van der Waals surface area contributed by atoms with E-state index in [-0.39, 0.29) is 6.04 Å². The molecule has 0 aliphatic rings. The van der Waals surface area contributed by atoms with Gasteiger partial charge in [-0.1, -0.05) is 42.5 Å². The highest BCUT2D eigenvalue weighted by atomic mass is 16.5. The molecule has 0 radical (unpaired) electrons. The van der Waals surface area contributed by atoms with E-state index in [1.165, 1.54) is 5.56 Å². The van der Waals surface area contributed by atoms with Crippen LogP contribution in [0.1, 0.15) is 22.7 Å². The molecule has 2 aromatic carbocycles. The minimum atomic E-state index is -0.167. The molecule has 0 saturated carbocycles. The third-order valence-corrected chi connectivity index (χ3v) is 3.31. The average molecular weight is 270 g/mol. The van der Waals surface area contributed by atoms with Gasteiger partial charge in [0.05, 0.1) is 13.2 Å². The van der Waals surface area contributed by atoms with Crippen LogP contribution < -0.4 is 10.5 Å². The lowest BCUT2D eigenvalue weighted by atomic mass is 9.98. The molecule has 2 rings (SSSR count). The van der Waals surface area contributed by atoms with E-state index in [0.717, 1.165) is 23.4 Å². The molecule has 3 heteroatoms. The molecule has 20 heavy (non-hydrogen) atoms. The molecule has 106 valence electrons. The first-order valence-electron chi connectivity index (χ1n) is 6.74. The Morgan fingerprint density at radius 1 is 1.05 bits per heavy atom. The summed E-state index contributed by atoms with van der Waals surface area (Å²) >= 11 is 0. The maximum atomic E-state index is 6.35. The van der Waals surface area contributed by atoms with E-state index >= 15 is 0 Å². The van der Waals surface area contributed by atoms with Crippen molar-refractivity contribution in [3.63, 3.8) is 0 Å². The highest BCUT2D eigenvalue weighted by Crippen LogP contribution is 2.28. The van der Waals surface area contributed by atoms with Crippen molar-refractivity contribution in [1.29, 1.82) is 0 Å². The number of hydrogen-bond acceptors (Lipinski definition) is 3. The zero-order valence-electron chi connectivity index (χ0n) is 12.3. The molecule has 3 nitrogen and oxygen atoms in total. The normalized spacial score (nSPS) is 12.4. The van der Waals surface area contributed by atoms with Gasteiger partial charge >= 0.3 is 0 Å². The Labute approximate surface area is 121 Å². The number of benzene rings is 2. The van der Waals surface area contributed by atoms with Gasteiger partial charge in [0.25, 0.3) is 0 Å². The number of methoxy groups -OCH3 is 1. The van der Waals surface area contributed by atoms with Gasteiger partial charge in [-0.05, 0) is 31.3 Å². The molecule has 0 spiro atoms. The summed E-state index contributed by atoms with van der Waals surface area (Å²) in [5.41, 5.74) is 9.74. The smallest absolute Gasteiger partial charge is 0.123 e. The molecule has 1 atom stereocenters. The monoisotopic (exact) mass is 270 g/mol. The highest BCUT2D eigenvalue weighted by molar-refractivity contribution is 5.41. The molecule has 2 aromatic rings. The van der Waals surface area contributed by atoms with Crippen molar-refractivity contribution >= 4 is 0 Å². The number of para-hydroxylation sites is 1. The number of nitrogens with zero attached hydrogens (tertiary/aromatic N) is 1. The Bertz CT molecular complexity index is 549. The van der Waals surface area contributed by atoms with Crippen LogP contribution in [0.25, 0.3) is 0 Å². The summed E-state index contributed by atoms with van der Waals surface area (Å²) in [6, 6.07) is 16.2. The lowest BCUT2D eigenvalue weighted by Gasteiger charge is -2.17. The van der Waals surface area contributed by atoms with Gasteiger partial charge in [0.15, 0.2) is 0 Å². The Hall–Kier alpha value is -1.84. The molecule has 2 N–H and O–H groups in total. The second-order valence-corrected chi connectivity index (χ2v) is 5.20. The largest absolute Gasteiger partial charge is 0.496 e. The molecule has 0 aliphatic heterocycles. The van der Waals surface area contributed by atoms with Crippen molar-refractivity contribution in [3.8, 4) is 5.75 Å². The maximum absolute atomic E-state index is 6.35. The average Bonchev–Trinajstić information content (AvgIpc) is 2.46. The lowest BCUT2D eigenvalue weighted by Crippen LogP contribution is -2.14. The number of rotatable bonds is 5. The summed E-state index contributed by atoms with van der Waals surface area (Å²) in [6.45, 7) is 0.935. The van der Waals surface area contributed by atoms with Gasteiger partial charge in [-0.25, -0.2) is 0 Å². The highest BCUT2D eigenvalue weighted by Gasteiger charge is 2.13. The fourth-order valence-electron chi connectivity index (χ4n) is 2.30. The van der Waals surface area contributed by atoms with Crippen LogP contribution in [-0.4, -0.2) is 26.1 Å². The lowest BCUT2D eigenvalue weighted by molar-refractivity contribution is 0.402. The first-order valence-corrected chi connectivity index (χ1v) is 6.74. The van der Waals surface area contributed by atoms with Crippen LogP contribution in [0.3, 0.4) is 0 Å². The van der Waals surface area contributed by atoms with E-state index < -0.39 is 0 Å². The van der Waals surface area contributed by atoms with Gasteiger partial charge < -0.3 is 15.4 Å². The van der Waals surface area contributed by atoms with Gasteiger partial charge in [-0.2, -0.15) is 0 Å². The molecule has 0 saturated heterocycles. The molecule has 0 fully saturated rings. The summed E-state index contributed by atoms with van der Waals surface area (Å²) in [7, 11) is 5.80. The van der Waals surface area contributed by atoms with Crippen molar-refractivity contribution < 1.29 is 4.74 Å². The van der Waals surface area contributed by atoms with E-state index in [1.54, 1.807) is 7.11 Å². The number of nitrogens with two attached hydrogens (primary N) is 1. The van der Waals surface area contributed by atoms with Gasteiger partial charge in [0.2, 0.25) is 0 Å². The SMILES string of the molecule is COc1ccccc1C(N)c1ccc(CN(C)C)cc1. The van der Waals surface area contributed by atoms with Crippen LogP contribution in [0.2, 0.25) is 0 Å². The Morgan fingerprint density at radius 2 is 1.70 bits per heavy atom. The van der Waals surface area contributed by atoms with Crippen LogP contribution in [0, 0.1) is 0 Å². The zero-order chi connectivity index (χ0) is 14.5. The summed E-state index contributed by atoms with van der Waals surface area (Å²) in [5.74, 6) is 0.831. The van der Waals surface area contributed by atoms with Crippen molar-refractivity contribution in [2.75, 3.05) is 21.2 Å². The molecular weight excluding hydrogens is 248 g/mol. The van der Waals surface area contributed by atoms with Crippen LogP contribution in [-0.2, 0) is 6.54 Å². The van der Waals surface area contributed by atoms with Crippen LogP contribution in [0.4, 0.5) is 0 Å². The van der Waals surface area contributed by atoms with Crippen LogP contribution in [0.15, 0.2) is 48.5 Å². The van der Waals surface area contributed by atoms with Gasteiger partial charge in [0, 0.05) is 12.1 Å². The fraction of sp³-hybridized carbons (Fsp3) is 0.294. The van der Waals surface area contributed by atoms with E-state index in [0.29, 0.717) is 0 Å². The van der Waals surface area contributed by atoms with E-state index in [9.17, 15) is 0 Å². The Balaban J connectivity index is 2.22. The zero-order valence-corrected chi connectivity index (χ0v) is 12.3. The topological polar surface area (TPSA) is 38.5 Å². The van der Waals surface area contributed by atoms with E-state index in [2.05, 4.69) is 43.3 Å². The first-order chi connectivity index (χ1) is 9.61. The molecule has 0 aromatic heterocycles.